The van der Waals surface area contributed by atoms with E-state index in [-0.39, 0.29) is 11.4 Å². The van der Waals surface area contributed by atoms with E-state index in [9.17, 15) is 4.79 Å². The van der Waals surface area contributed by atoms with E-state index in [1.165, 1.54) is 25.9 Å². The number of rotatable bonds is 4. The van der Waals surface area contributed by atoms with Crippen LogP contribution in [0.2, 0.25) is 0 Å². The van der Waals surface area contributed by atoms with Gasteiger partial charge in [0.1, 0.15) is 0 Å². The molecule has 2 heterocycles. The van der Waals surface area contributed by atoms with E-state index in [0.29, 0.717) is 6.04 Å². The number of hydrogen-bond donors (Lipinski definition) is 2. The van der Waals surface area contributed by atoms with Crippen molar-refractivity contribution in [3.63, 3.8) is 0 Å². The summed E-state index contributed by atoms with van der Waals surface area (Å²) < 4.78 is 0. The number of nitrogens with one attached hydrogen (secondary N) is 2. The third kappa shape index (κ3) is 2.79. The molecular weight excluding hydrogens is 238 g/mol. The third-order valence-electron chi connectivity index (χ3n) is 5.21. The van der Waals surface area contributed by atoms with Crippen molar-refractivity contribution in [1.29, 1.82) is 0 Å². The number of piperidine rings is 1. The molecule has 0 spiro atoms. The van der Waals surface area contributed by atoms with E-state index in [1.807, 2.05) is 0 Å². The van der Waals surface area contributed by atoms with Gasteiger partial charge in [-0.2, -0.15) is 0 Å². The molecule has 0 bridgehead atoms. The lowest BCUT2D eigenvalue weighted by Gasteiger charge is -2.35. The number of carbonyl (C=O) groups excluding carboxylic acids is 1. The second kappa shape index (κ2) is 5.41. The summed E-state index contributed by atoms with van der Waals surface area (Å²) in [5.41, 5.74) is -0.270. The number of hydrogen-bond acceptors (Lipinski definition) is 3. The summed E-state index contributed by atoms with van der Waals surface area (Å²) in [6.07, 6.45) is 8.06. The molecule has 2 N–H and O–H groups in total. The topological polar surface area (TPSA) is 44.4 Å². The first-order chi connectivity index (χ1) is 9.23. The Bertz CT molecular complexity index is 326. The van der Waals surface area contributed by atoms with Crippen molar-refractivity contribution in [1.82, 2.24) is 15.5 Å². The van der Waals surface area contributed by atoms with E-state index >= 15 is 0 Å². The average molecular weight is 265 g/mol. The van der Waals surface area contributed by atoms with Crippen LogP contribution in [0, 0.1) is 0 Å². The lowest BCUT2D eigenvalue weighted by atomic mass is 9.92. The molecule has 3 rings (SSSR count). The minimum Gasteiger partial charge on any atom is -0.352 e. The highest BCUT2D eigenvalue weighted by Crippen LogP contribution is 2.29. The van der Waals surface area contributed by atoms with Gasteiger partial charge < -0.3 is 15.5 Å². The van der Waals surface area contributed by atoms with Crippen LogP contribution in [0.15, 0.2) is 0 Å². The molecule has 108 valence electrons. The van der Waals surface area contributed by atoms with Gasteiger partial charge in [-0.05, 0) is 51.5 Å². The molecule has 3 aliphatic rings. The Kier molecular flexibility index (Phi) is 3.81. The fourth-order valence-corrected chi connectivity index (χ4v) is 3.63. The molecule has 1 aliphatic carbocycles. The highest BCUT2D eigenvalue weighted by molar-refractivity contribution is 5.86. The molecule has 2 saturated heterocycles. The standard InChI is InChI=1S/C15H27N3O/c1-2-15(8-3-9-16-15)14(19)17-12-6-10-18(11-7-12)13-4-5-13/h12-13,16H,2-11H2,1H3,(H,17,19). The van der Waals surface area contributed by atoms with Gasteiger partial charge in [-0.3, -0.25) is 4.79 Å². The molecule has 1 atom stereocenters. The van der Waals surface area contributed by atoms with Gasteiger partial charge in [0, 0.05) is 25.2 Å². The van der Waals surface area contributed by atoms with Crippen LogP contribution >= 0.6 is 0 Å². The minimum atomic E-state index is -0.270. The second-order valence-electron chi connectivity index (χ2n) is 6.48. The molecule has 0 aromatic carbocycles. The van der Waals surface area contributed by atoms with E-state index in [4.69, 9.17) is 0 Å². The van der Waals surface area contributed by atoms with Gasteiger partial charge in [-0.15, -0.1) is 0 Å². The lowest BCUT2D eigenvalue weighted by Crippen LogP contribution is -2.57. The summed E-state index contributed by atoms with van der Waals surface area (Å²) >= 11 is 0. The van der Waals surface area contributed by atoms with Gasteiger partial charge in [-0.25, -0.2) is 0 Å². The molecule has 4 heteroatoms. The number of likely N-dealkylation sites (tertiary alicyclic amines) is 1. The maximum Gasteiger partial charge on any atom is 0.240 e. The first-order valence-electron chi connectivity index (χ1n) is 8.03. The van der Waals surface area contributed by atoms with E-state index in [2.05, 4.69) is 22.5 Å². The first-order valence-corrected chi connectivity index (χ1v) is 8.03. The molecule has 4 nitrogen and oxygen atoms in total. The van der Waals surface area contributed by atoms with Crippen LogP contribution in [0.1, 0.15) is 51.9 Å². The Hall–Kier alpha value is -0.610. The van der Waals surface area contributed by atoms with Crippen LogP contribution in [-0.4, -0.2) is 48.1 Å². The maximum atomic E-state index is 12.5. The van der Waals surface area contributed by atoms with Crippen LogP contribution in [0.3, 0.4) is 0 Å². The smallest absolute Gasteiger partial charge is 0.240 e. The zero-order chi connectivity index (χ0) is 13.3. The second-order valence-corrected chi connectivity index (χ2v) is 6.48. The van der Waals surface area contributed by atoms with Crippen molar-refractivity contribution in [3.8, 4) is 0 Å². The van der Waals surface area contributed by atoms with Gasteiger partial charge >= 0.3 is 0 Å². The molecule has 1 amide bonds. The van der Waals surface area contributed by atoms with Crippen LogP contribution < -0.4 is 10.6 Å². The Morgan fingerprint density at radius 2 is 2.05 bits per heavy atom. The number of amides is 1. The van der Waals surface area contributed by atoms with Crippen molar-refractivity contribution in [2.24, 2.45) is 0 Å². The highest BCUT2D eigenvalue weighted by atomic mass is 16.2. The Labute approximate surface area is 116 Å². The van der Waals surface area contributed by atoms with Gasteiger partial charge in [0.25, 0.3) is 0 Å². The summed E-state index contributed by atoms with van der Waals surface area (Å²) in [4.78, 5) is 15.1. The molecule has 1 unspecified atom stereocenters. The van der Waals surface area contributed by atoms with Crippen LogP contribution in [0.25, 0.3) is 0 Å². The molecule has 1 saturated carbocycles. The zero-order valence-corrected chi connectivity index (χ0v) is 12.1. The molecule has 0 aromatic heterocycles. The highest BCUT2D eigenvalue weighted by Gasteiger charge is 2.40. The number of carbonyl (C=O) groups is 1. The molecule has 19 heavy (non-hydrogen) atoms. The van der Waals surface area contributed by atoms with Crippen molar-refractivity contribution in [2.45, 2.75) is 69.5 Å². The van der Waals surface area contributed by atoms with Gasteiger partial charge in [0.05, 0.1) is 5.54 Å². The van der Waals surface area contributed by atoms with Gasteiger partial charge in [0.2, 0.25) is 5.91 Å². The fourth-order valence-electron chi connectivity index (χ4n) is 3.63. The lowest BCUT2D eigenvalue weighted by molar-refractivity contribution is -0.128. The van der Waals surface area contributed by atoms with E-state index in [1.54, 1.807) is 0 Å². The molecular formula is C15H27N3O. The number of nitrogens with zero attached hydrogens (tertiary/aromatic N) is 1. The summed E-state index contributed by atoms with van der Waals surface area (Å²) in [6, 6.07) is 1.27. The van der Waals surface area contributed by atoms with Crippen LogP contribution in [0.5, 0.6) is 0 Å². The summed E-state index contributed by atoms with van der Waals surface area (Å²) in [6.45, 7) is 5.44. The van der Waals surface area contributed by atoms with E-state index in [0.717, 1.165) is 44.7 Å². The summed E-state index contributed by atoms with van der Waals surface area (Å²) in [5.74, 6) is 0.248. The maximum absolute atomic E-state index is 12.5. The Balaban J connectivity index is 1.49. The molecule has 0 radical (unpaired) electrons. The van der Waals surface area contributed by atoms with Crippen molar-refractivity contribution in [2.75, 3.05) is 19.6 Å². The normalized spacial score (nSPS) is 33.5. The minimum absolute atomic E-state index is 0.248. The first kappa shape index (κ1) is 13.4. The zero-order valence-electron chi connectivity index (χ0n) is 12.1. The quantitative estimate of drug-likeness (QED) is 0.804. The average Bonchev–Trinajstić information content (AvgIpc) is 3.17. The van der Waals surface area contributed by atoms with Crippen molar-refractivity contribution >= 4 is 5.91 Å². The van der Waals surface area contributed by atoms with Crippen LogP contribution in [-0.2, 0) is 4.79 Å². The van der Waals surface area contributed by atoms with E-state index < -0.39 is 0 Å². The van der Waals surface area contributed by atoms with Gasteiger partial charge in [-0.1, -0.05) is 6.92 Å². The van der Waals surface area contributed by atoms with Crippen LogP contribution in [0.4, 0.5) is 0 Å². The third-order valence-corrected chi connectivity index (χ3v) is 5.21. The Morgan fingerprint density at radius 3 is 2.58 bits per heavy atom. The molecule has 0 aromatic rings. The Morgan fingerprint density at radius 1 is 1.32 bits per heavy atom. The largest absolute Gasteiger partial charge is 0.352 e. The van der Waals surface area contributed by atoms with Crippen molar-refractivity contribution in [3.05, 3.63) is 0 Å². The molecule has 3 fully saturated rings. The predicted octanol–water partition coefficient (Wildman–Crippen LogP) is 1.26. The van der Waals surface area contributed by atoms with Crippen molar-refractivity contribution < 1.29 is 4.79 Å². The monoisotopic (exact) mass is 265 g/mol. The predicted molar refractivity (Wildman–Crippen MR) is 76.0 cm³/mol. The summed E-state index contributed by atoms with van der Waals surface area (Å²) in [5, 5.41) is 6.73. The fraction of sp³-hybridized carbons (Fsp3) is 0.933. The summed E-state index contributed by atoms with van der Waals surface area (Å²) in [7, 11) is 0. The molecule has 2 aliphatic heterocycles. The van der Waals surface area contributed by atoms with Gasteiger partial charge in [0.15, 0.2) is 0 Å². The SMILES string of the molecule is CCC1(C(=O)NC2CCN(C3CC3)CC2)CCCN1.